The quantitative estimate of drug-likeness (QED) is 0.383. The molecular formula is C18H24N4O4S. The second-order valence-electron chi connectivity index (χ2n) is 5.81. The number of methoxy groups -OCH3 is 1. The Morgan fingerprint density at radius 2 is 2.07 bits per heavy atom. The average molecular weight is 392 g/mol. The maximum atomic E-state index is 12.8. The number of nitrogens with zero attached hydrogens (tertiary/aromatic N) is 2. The molecule has 2 rings (SSSR count). The van der Waals surface area contributed by atoms with Crippen LogP contribution in [0.2, 0.25) is 0 Å². The van der Waals surface area contributed by atoms with Gasteiger partial charge in [-0.2, -0.15) is 0 Å². The van der Waals surface area contributed by atoms with Crippen LogP contribution in [-0.4, -0.2) is 47.5 Å². The van der Waals surface area contributed by atoms with Gasteiger partial charge in [0.15, 0.2) is 5.16 Å². The molecule has 0 fully saturated rings. The van der Waals surface area contributed by atoms with Gasteiger partial charge in [0.2, 0.25) is 5.91 Å². The van der Waals surface area contributed by atoms with Crippen LogP contribution in [-0.2, 0) is 16.1 Å². The van der Waals surface area contributed by atoms with E-state index in [1.165, 1.54) is 7.11 Å². The molecule has 9 heteroatoms. The van der Waals surface area contributed by atoms with E-state index in [-0.39, 0.29) is 11.3 Å². The number of urea groups is 1. The molecule has 0 bridgehead atoms. The summed E-state index contributed by atoms with van der Waals surface area (Å²) in [5.41, 5.74) is 0.477. The van der Waals surface area contributed by atoms with Crippen LogP contribution < -0.4 is 16.2 Å². The molecule has 3 amide bonds. The minimum Gasteiger partial charge on any atom is -0.383 e. The Bertz CT molecular complexity index is 853. The van der Waals surface area contributed by atoms with Gasteiger partial charge in [0.1, 0.15) is 0 Å². The zero-order valence-corrected chi connectivity index (χ0v) is 16.3. The third-order valence-electron chi connectivity index (χ3n) is 3.74. The highest BCUT2D eigenvalue weighted by atomic mass is 32.2. The lowest BCUT2D eigenvalue weighted by Crippen LogP contribution is -2.41. The molecule has 27 heavy (non-hydrogen) atoms. The summed E-state index contributed by atoms with van der Waals surface area (Å²) in [7, 11) is 1.52. The van der Waals surface area contributed by atoms with Gasteiger partial charge in [0.05, 0.1) is 23.3 Å². The smallest absolute Gasteiger partial charge is 0.321 e. The van der Waals surface area contributed by atoms with Crippen molar-refractivity contribution in [1.82, 2.24) is 20.2 Å². The lowest BCUT2D eigenvalue weighted by atomic mass is 10.2. The Hall–Kier alpha value is -2.39. The summed E-state index contributed by atoms with van der Waals surface area (Å²) in [4.78, 5) is 40.9. The second kappa shape index (κ2) is 10.7. The molecule has 0 saturated carbocycles. The summed E-state index contributed by atoms with van der Waals surface area (Å²) in [5.74, 6) is -0.478. The monoisotopic (exact) mass is 392 g/mol. The van der Waals surface area contributed by atoms with Crippen LogP contribution in [0.1, 0.15) is 19.8 Å². The Morgan fingerprint density at radius 3 is 2.81 bits per heavy atom. The number of rotatable bonds is 9. The number of ether oxygens (including phenoxy) is 1. The average Bonchev–Trinajstić information content (AvgIpc) is 2.66. The number of fused-ring (bicyclic) bond motifs is 1. The van der Waals surface area contributed by atoms with Gasteiger partial charge < -0.3 is 10.1 Å². The Balaban J connectivity index is 2.09. The van der Waals surface area contributed by atoms with Crippen molar-refractivity contribution in [2.45, 2.75) is 31.5 Å². The van der Waals surface area contributed by atoms with E-state index in [9.17, 15) is 14.4 Å². The van der Waals surface area contributed by atoms with E-state index in [1.807, 2.05) is 13.0 Å². The highest BCUT2D eigenvalue weighted by Gasteiger charge is 2.14. The van der Waals surface area contributed by atoms with Gasteiger partial charge in [0, 0.05) is 20.2 Å². The summed E-state index contributed by atoms with van der Waals surface area (Å²) in [6.45, 7) is 3.25. The molecule has 0 aliphatic carbocycles. The van der Waals surface area contributed by atoms with Gasteiger partial charge in [0.25, 0.3) is 5.56 Å². The molecule has 0 atom stereocenters. The molecule has 2 N–H and O–H groups in total. The van der Waals surface area contributed by atoms with Crippen molar-refractivity contribution in [3.8, 4) is 0 Å². The largest absolute Gasteiger partial charge is 0.383 e. The summed E-state index contributed by atoms with van der Waals surface area (Å²) in [6, 6.07) is 6.56. The highest BCUT2D eigenvalue weighted by molar-refractivity contribution is 7.99. The van der Waals surface area contributed by atoms with E-state index in [0.29, 0.717) is 35.8 Å². The number of nitrogens with one attached hydrogen (secondary N) is 2. The van der Waals surface area contributed by atoms with Crippen LogP contribution in [0.25, 0.3) is 10.9 Å². The molecule has 0 radical (unpaired) electrons. The van der Waals surface area contributed by atoms with E-state index < -0.39 is 11.9 Å². The standard InChI is InChI=1S/C18H24N4O4S/c1-3-4-10-22-16(24)13-7-5-6-8-14(13)20-18(22)27-12-15(23)21-17(25)19-9-11-26-2/h5-8H,3-4,9-12H2,1-2H3,(H2,19,21,23,25). The number of unbranched alkanes of at least 4 members (excludes halogenated alkanes) is 1. The minimum absolute atomic E-state index is 0.0192. The molecule has 0 spiro atoms. The Morgan fingerprint density at radius 1 is 1.30 bits per heavy atom. The van der Waals surface area contributed by atoms with Crippen molar-refractivity contribution in [3.05, 3.63) is 34.6 Å². The highest BCUT2D eigenvalue weighted by Crippen LogP contribution is 2.18. The SMILES string of the molecule is CCCCn1c(SCC(=O)NC(=O)NCCOC)nc2ccccc2c1=O. The first kappa shape index (κ1) is 20.9. The molecule has 1 heterocycles. The number of benzene rings is 1. The number of thioether (sulfide) groups is 1. The molecule has 0 saturated heterocycles. The zero-order valence-electron chi connectivity index (χ0n) is 15.5. The Kier molecular flexibility index (Phi) is 8.28. The number of carbonyl (C=O) groups excluding carboxylic acids is 2. The molecule has 1 aromatic carbocycles. The second-order valence-corrected chi connectivity index (χ2v) is 6.75. The van der Waals surface area contributed by atoms with Crippen LogP contribution in [0.3, 0.4) is 0 Å². The molecule has 146 valence electrons. The van der Waals surface area contributed by atoms with Crippen molar-refractivity contribution in [1.29, 1.82) is 0 Å². The van der Waals surface area contributed by atoms with Crippen molar-refractivity contribution in [2.24, 2.45) is 0 Å². The van der Waals surface area contributed by atoms with Crippen LogP contribution in [0.15, 0.2) is 34.2 Å². The van der Waals surface area contributed by atoms with Crippen molar-refractivity contribution in [3.63, 3.8) is 0 Å². The van der Waals surface area contributed by atoms with Gasteiger partial charge in [-0.25, -0.2) is 9.78 Å². The third kappa shape index (κ3) is 6.07. The summed E-state index contributed by atoms with van der Waals surface area (Å²) < 4.78 is 6.42. The minimum atomic E-state index is -0.576. The number of hydrogen-bond donors (Lipinski definition) is 2. The molecule has 8 nitrogen and oxygen atoms in total. The van der Waals surface area contributed by atoms with Crippen LogP contribution in [0.5, 0.6) is 0 Å². The predicted molar refractivity (Wildman–Crippen MR) is 105 cm³/mol. The summed E-state index contributed by atoms with van der Waals surface area (Å²) >= 11 is 1.14. The van der Waals surface area contributed by atoms with Crippen LogP contribution in [0.4, 0.5) is 4.79 Å². The fraction of sp³-hybridized carbons (Fsp3) is 0.444. The van der Waals surface area contributed by atoms with E-state index in [4.69, 9.17) is 4.74 Å². The molecule has 0 aliphatic rings. The van der Waals surface area contributed by atoms with Crippen LogP contribution >= 0.6 is 11.8 Å². The Labute approximate surface area is 161 Å². The van der Waals surface area contributed by atoms with Gasteiger partial charge in [-0.3, -0.25) is 19.5 Å². The lowest BCUT2D eigenvalue weighted by molar-refractivity contribution is -0.117. The van der Waals surface area contributed by atoms with Gasteiger partial charge in [-0.05, 0) is 18.6 Å². The first-order valence-corrected chi connectivity index (χ1v) is 9.74. The van der Waals surface area contributed by atoms with Gasteiger partial charge in [-0.15, -0.1) is 0 Å². The molecule has 0 aliphatic heterocycles. The normalized spacial score (nSPS) is 10.7. The lowest BCUT2D eigenvalue weighted by Gasteiger charge is -2.12. The number of imide groups is 1. The number of aromatic nitrogens is 2. The maximum absolute atomic E-state index is 12.8. The number of amides is 3. The molecule has 1 aromatic heterocycles. The first-order chi connectivity index (χ1) is 13.1. The number of para-hydroxylation sites is 1. The van der Waals surface area contributed by atoms with Crippen LogP contribution in [0, 0.1) is 0 Å². The van der Waals surface area contributed by atoms with Gasteiger partial charge >= 0.3 is 6.03 Å². The van der Waals surface area contributed by atoms with Crippen molar-refractivity contribution < 1.29 is 14.3 Å². The van der Waals surface area contributed by atoms with Gasteiger partial charge in [-0.1, -0.05) is 37.2 Å². The van der Waals surface area contributed by atoms with E-state index >= 15 is 0 Å². The van der Waals surface area contributed by atoms with E-state index in [1.54, 1.807) is 22.8 Å². The topological polar surface area (TPSA) is 102 Å². The molecule has 0 unspecified atom stereocenters. The van der Waals surface area contributed by atoms with E-state index in [0.717, 1.165) is 24.6 Å². The number of hydrogen-bond acceptors (Lipinski definition) is 6. The molecular weight excluding hydrogens is 368 g/mol. The fourth-order valence-corrected chi connectivity index (χ4v) is 3.20. The maximum Gasteiger partial charge on any atom is 0.321 e. The third-order valence-corrected chi connectivity index (χ3v) is 4.72. The van der Waals surface area contributed by atoms with Crippen molar-refractivity contribution in [2.75, 3.05) is 26.0 Å². The van der Waals surface area contributed by atoms with Crippen molar-refractivity contribution >= 4 is 34.6 Å². The molecule has 2 aromatic rings. The summed E-state index contributed by atoms with van der Waals surface area (Å²) in [6.07, 6.45) is 1.77. The zero-order chi connectivity index (χ0) is 19.6. The first-order valence-electron chi connectivity index (χ1n) is 8.75. The van der Waals surface area contributed by atoms with E-state index in [2.05, 4.69) is 15.6 Å². The predicted octanol–water partition coefficient (Wildman–Crippen LogP) is 1.76. The summed E-state index contributed by atoms with van der Waals surface area (Å²) in [5, 5.41) is 5.78. The fourth-order valence-electron chi connectivity index (χ4n) is 2.37. The number of carbonyl (C=O) groups is 2.